The summed E-state index contributed by atoms with van der Waals surface area (Å²) in [6.07, 6.45) is 0.372. The number of hydrogen-bond acceptors (Lipinski definition) is 1. The number of benzene rings is 4. The summed E-state index contributed by atoms with van der Waals surface area (Å²) >= 11 is 0. The molecule has 5 heteroatoms. The Morgan fingerprint density at radius 1 is 0.719 bits per heavy atom. The van der Waals surface area contributed by atoms with Crippen molar-refractivity contribution in [3.05, 3.63) is 107 Å². The van der Waals surface area contributed by atoms with E-state index in [1.54, 1.807) is 24.3 Å². The maximum Gasteiger partial charge on any atom is 0.139 e. The molecule has 0 fully saturated rings. The van der Waals surface area contributed by atoms with E-state index in [4.69, 9.17) is 4.74 Å². The maximum absolute atomic E-state index is 14.6. The quantitative estimate of drug-likeness (QED) is 0.258. The molecule has 0 aliphatic carbocycles. The van der Waals surface area contributed by atoms with Gasteiger partial charge in [-0.25, -0.2) is 17.6 Å². The largest absolute Gasteiger partial charge is 0.384 e. The fourth-order valence-electron chi connectivity index (χ4n) is 3.47. The van der Waals surface area contributed by atoms with Gasteiger partial charge in [-0.15, -0.1) is 0 Å². The Morgan fingerprint density at radius 3 is 2.16 bits per heavy atom. The van der Waals surface area contributed by atoms with Crippen molar-refractivity contribution in [3.63, 3.8) is 0 Å². The van der Waals surface area contributed by atoms with E-state index in [2.05, 4.69) is 11.8 Å². The first-order valence-electron chi connectivity index (χ1n) is 9.93. The minimum absolute atomic E-state index is 0.0917. The highest BCUT2D eigenvalue weighted by molar-refractivity contribution is 5.84. The Labute approximate surface area is 183 Å². The van der Waals surface area contributed by atoms with E-state index in [9.17, 15) is 17.6 Å². The maximum atomic E-state index is 14.6. The molecule has 0 radical (unpaired) electrons. The van der Waals surface area contributed by atoms with Crippen molar-refractivity contribution < 1.29 is 22.3 Å². The van der Waals surface area contributed by atoms with Gasteiger partial charge in [0.05, 0.1) is 17.7 Å². The van der Waals surface area contributed by atoms with Gasteiger partial charge in [0.2, 0.25) is 0 Å². The van der Waals surface area contributed by atoms with Gasteiger partial charge in [-0.05, 0) is 76.9 Å². The van der Waals surface area contributed by atoms with Crippen LogP contribution in [0.1, 0.15) is 16.7 Å². The van der Waals surface area contributed by atoms with E-state index in [0.29, 0.717) is 24.2 Å². The zero-order chi connectivity index (χ0) is 22.7. The minimum atomic E-state index is -0.762. The molecule has 32 heavy (non-hydrogen) atoms. The Bertz CT molecular complexity index is 1340. The monoisotopic (exact) mass is 434 g/mol. The molecule has 0 heterocycles. The molecule has 0 aromatic heterocycles. The van der Waals surface area contributed by atoms with Crippen LogP contribution in [0, 0.1) is 35.1 Å². The van der Waals surface area contributed by atoms with E-state index in [1.165, 1.54) is 43.5 Å². The van der Waals surface area contributed by atoms with Crippen LogP contribution in [-0.2, 0) is 11.2 Å². The highest BCUT2D eigenvalue weighted by Gasteiger charge is 2.15. The molecule has 4 aromatic rings. The Hall–Kier alpha value is -3.62. The Balaban J connectivity index is 1.62. The smallest absolute Gasteiger partial charge is 0.139 e. The van der Waals surface area contributed by atoms with Crippen molar-refractivity contribution in [2.45, 2.75) is 6.42 Å². The van der Waals surface area contributed by atoms with Crippen molar-refractivity contribution in [1.29, 1.82) is 0 Å². The third-order valence-electron chi connectivity index (χ3n) is 5.10. The summed E-state index contributed by atoms with van der Waals surface area (Å²) in [5, 5.41) is 1.55. The van der Waals surface area contributed by atoms with Gasteiger partial charge in [-0.1, -0.05) is 30.0 Å². The molecule has 1 nitrogen and oxygen atoms in total. The van der Waals surface area contributed by atoms with Crippen LogP contribution in [0.5, 0.6) is 0 Å². The summed E-state index contributed by atoms with van der Waals surface area (Å²) in [5.41, 5.74) is 1.01. The van der Waals surface area contributed by atoms with Gasteiger partial charge in [0.1, 0.15) is 23.3 Å². The second-order valence-corrected chi connectivity index (χ2v) is 7.33. The van der Waals surface area contributed by atoms with Crippen LogP contribution in [0.3, 0.4) is 0 Å². The molecule has 0 saturated heterocycles. The highest BCUT2D eigenvalue weighted by Crippen LogP contribution is 2.29. The molecule has 0 aliphatic rings. The lowest BCUT2D eigenvalue weighted by Gasteiger charge is -2.09. The van der Waals surface area contributed by atoms with Gasteiger partial charge in [0.25, 0.3) is 0 Å². The van der Waals surface area contributed by atoms with E-state index in [-0.39, 0.29) is 22.5 Å². The van der Waals surface area contributed by atoms with Crippen LogP contribution in [0.15, 0.2) is 66.7 Å². The predicted molar refractivity (Wildman–Crippen MR) is 117 cm³/mol. The van der Waals surface area contributed by atoms with Crippen LogP contribution in [-0.4, -0.2) is 13.7 Å². The Morgan fingerprint density at radius 2 is 1.44 bits per heavy atom. The first-order chi connectivity index (χ1) is 15.4. The second-order valence-electron chi connectivity index (χ2n) is 7.33. The van der Waals surface area contributed by atoms with Crippen LogP contribution in [0.2, 0.25) is 0 Å². The van der Waals surface area contributed by atoms with Crippen molar-refractivity contribution in [2.75, 3.05) is 13.7 Å². The fraction of sp³-hybridized carbons (Fsp3) is 0.111. The topological polar surface area (TPSA) is 9.23 Å². The third kappa shape index (κ3) is 4.66. The molecule has 0 aliphatic heterocycles. The van der Waals surface area contributed by atoms with Crippen LogP contribution in [0.25, 0.3) is 21.9 Å². The highest BCUT2D eigenvalue weighted by atomic mass is 19.1. The van der Waals surface area contributed by atoms with E-state index in [0.717, 1.165) is 16.8 Å². The molecular weight excluding hydrogens is 416 g/mol. The number of fused-ring (bicyclic) bond motifs is 1. The first kappa shape index (κ1) is 21.6. The minimum Gasteiger partial charge on any atom is -0.384 e. The zero-order valence-electron chi connectivity index (χ0n) is 17.2. The summed E-state index contributed by atoms with van der Waals surface area (Å²) in [7, 11) is 1.51. The number of ether oxygens (including phenoxy) is 1. The first-order valence-corrected chi connectivity index (χ1v) is 9.93. The van der Waals surface area contributed by atoms with Crippen molar-refractivity contribution >= 4 is 10.8 Å². The van der Waals surface area contributed by atoms with Gasteiger partial charge in [-0.2, -0.15) is 0 Å². The lowest BCUT2D eigenvalue weighted by molar-refractivity contribution is 0.202. The average Bonchev–Trinajstić information content (AvgIpc) is 2.76. The van der Waals surface area contributed by atoms with Crippen LogP contribution < -0.4 is 0 Å². The van der Waals surface area contributed by atoms with Gasteiger partial charge in [0.15, 0.2) is 0 Å². The lowest BCUT2D eigenvalue weighted by atomic mass is 9.99. The van der Waals surface area contributed by atoms with Gasteiger partial charge in [0, 0.05) is 12.7 Å². The molecule has 0 saturated carbocycles. The number of methoxy groups -OCH3 is 1. The second kappa shape index (κ2) is 9.25. The molecule has 0 amide bonds. The Kier molecular flexibility index (Phi) is 6.25. The van der Waals surface area contributed by atoms with E-state index >= 15 is 0 Å². The molecule has 4 rings (SSSR count). The molecule has 160 valence electrons. The fourth-order valence-corrected chi connectivity index (χ4v) is 3.47. The average molecular weight is 434 g/mol. The molecule has 0 bridgehead atoms. The summed E-state index contributed by atoms with van der Waals surface area (Å²) in [6, 6.07) is 16.0. The molecule has 0 atom stereocenters. The number of hydrogen-bond donors (Lipinski definition) is 0. The van der Waals surface area contributed by atoms with Gasteiger partial charge >= 0.3 is 0 Å². The predicted octanol–water partition coefficient (Wildman–Crippen LogP) is 6.65. The summed E-state index contributed by atoms with van der Waals surface area (Å²) in [4.78, 5) is 0. The summed E-state index contributed by atoms with van der Waals surface area (Å²) < 4.78 is 61.9. The normalized spacial score (nSPS) is 10.8. The number of rotatable bonds is 4. The third-order valence-corrected chi connectivity index (χ3v) is 5.10. The van der Waals surface area contributed by atoms with E-state index in [1.807, 2.05) is 0 Å². The van der Waals surface area contributed by atoms with Crippen molar-refractivity contribution in [3.8, 4) is 23.0 Å². The standard InChI is InChI=1S/C27H18F4O/c1-32-11-10-18-13-25(30)27(26(31)14-18)22-7-6-19(24(29)16-22)4-2-17-3-5-21-15-23(28)9-8-20(21)12-17/h3,5-9,12-16H,10-11H2,1H3. The van der Waals surface area contributed by atoms with Gasteiger partial charge < -0.3 is 4.74 Å². The van der Waals surface area contributed by atoms with Crippen molar-refractivity contribution in [1.82, 2.24) is 0 Å². The molecule has 0 N–H and O–H groups in total. The van der Waals surface area contributed by atoms with Crippen molar-refractivity contribution in [2.24, 2.45) is 0 Å². The molecule has 0 unspecified atom stereocenters. The lowest BCUT2D eigenvalue weighted by Crippen LogP contribution is -1.99. The van der Waals surface area contributed by atoms with Crippen LogP contribution >= 0.6 is 0 Å². The number of halogens is 4. The summed E-state index contributed by atoms with van der Waals surface area (Å²) in [5.74, 6) is 3.09. The van der Waals surface area contributed by atoms with E-state index < -0.39 is 17.5 Å². The van der Waals surface area contributed by atoms with Crippen LogP contribution in [0.4, 0.5) is 17.6 Å². The SMILES string of the molecule is COCCc1cc(F)c(-c2ccc(C#Cc3ccc4cc(F)ccc4c3)c(F)c2)c(F)c1. The zero-order valence-corrected chi connectivity index (χ0v) is 17.2. The molecule has 0 spiro atoms. The van der Waals surface area contributed by atoms with Gasteiger partial charge in [-0.3, -0.25) is 0 Å². The summed E-state index contributed by atoms with van der Waals surface area (Å²) in [6.45, 7) is 0.342. The molecular formula is C27H18F4O. The molecule has 4 aromatic carbocycles.